The van der Waals surface area contributed by atoms with E-state index in [4.69, 9.17) is 0 Å². The lowest BCUT2D eigenvalue weighted by atomic mass is 9.77. The monoisotopic (exact) mass is 376 g/mol. The number of carbonyl (C=O) groups excluding carboxylic acids is 2. The van der Waals surface area contributed by atoms with Crippen LogP contribution in [0, 0.1) is 5.41 Å². The number of anilines is 1. The van der Waals surface area contributed by atoms with Crippen molar-refractivity contribution in [3.63, 3.8) is 0 Å². The van der Waals surface area contributed by atoms with Crippen LogP contribution >= 0.6 is 0 Å². The molecule has 28 heavy (non-hydrogen) atoms. The molecule has 0 aliphatic carbocycles. The van der Waals surface area contributed by atoms with Crippen LogP contribution in [-0.4, -0.2) is 56.5 Å². The van der Waals surface area contributed by atoms with Crippen LogP contribution in [0.2, 0.25) is 0 Å². The lowest BCUT2D eigenvalue weighted by Crippen LogP contribution is -2.48. The van der Waals surface area contributed by atoms with Crippen LogP contribution < -0.4 is 4.90 Å². The first-order valence-corrected chi connectivity index (χ1v) is 9.51. The van der Waals surface area contributed by atoms with Crippen LogP contribution in [0.1, 0.15) is 19.3 Å². The molecular weight excluding hydrogens is 356 g/mol. The van der Waals surface area contributed by atoms with Gasteiger partial charge >= 0.3 is 6.03 Å². The fourth-order valence-corrected chi connectivity index (χ4v) is 4.31. The van der Waals surface area contributed by atoms with Gasteiger partial charge in [-0.3, -0.25) is 4.79 Å². The van der Waals surface area contributed by atoms with Gasteiger partial charge in [0.15, 0.2) is 0 Å². The van der Waals surface area contributed by atoms with Gasteiger partial charge in [-0.15, -0.1) is 5.10 Å². The maximum absolute atomic E-state index is 13.1. The molecule has 8 nitrogen and oxygen atoms in total. The van der Waals surface area contributed by atoms with Gasteiger partial charge in [-0.25, -0.2) is 9.78 Å². The quantitative estimate of drug-likeness (QED) is 0.651. The lowest BCUT2D eigenvalue weighted by Gasteiger charge is -2.37. The van der Waals surface area contributed by atoms with Crippen LogP contribution in [0.25, 0.3) is 11.2 Å². The predicted octanol–water partition coefficient (Wildman–Crippen LogP) is 2.31. The van der Waals surface area contributed by atoms with Crippen molar-refractivity contribution in [3.8, 4) is 0 Å². The van der Waals surface area contributed by atoms with Crippen LogP contribution in [0.3, 0.4) is 0 Å². The largest absolute Gasteiger partial charge is 0.346 e. The molecule has 8 heteroatoms. The molecule has 0 radical (unpaired) electrons. The van der Waals surface area contributed by atoms with Gasteiger partial charge in [0.05, 0.1) is 5.41 Å². The van der Waals surface area contributed by atoms with Crippen molar-refractivity contribution in [1.29, 1.82) is 0 Å². The topological polar surface area (TPSA) is 84.2 Å². The minimum absolute atomic E-state index is 0.182. The fourth-order valence-electron chi connectivity index (χ4n) is 4.31. The highest BCUT2D eigenvalue weighted by Crippen LogP contribution is 2.43. The third kappa shape index (κ3) is 2.56. The number of para-hydroxylation sites is 1. The second-order valence-corrected chi connectivity index (χ2v) is 7.44. The maximum Gasteiger partial charge on any atom is 0.346 e. The molecule has 2 saturated heterocycles. The van der Waals surface area contributed by atoms with Crippen molar-refractivity contribution in [2.45, 2.75) is 19.3 Å². The molecule has 1 aromatic carbocycles. The Hall–Kier alpha value is -3.29. The van der Waals surface area contributed by atoms with Gasteiger partial charge in [0.1, 0.15) is 5.52 Å². The summed E-state index contributed by atoms with van der Waals surface area (Å²) in [5.74, 6) is 0.182. The SMILES string of the molecule is O=C(N1CCC2(CC1)CCN(c1ccccc1)C2=O)n1nnc2ncccc21. The van der Waals surface area contributed by atoms with Crippen LogP contribution in [0.15, 0.2) is 48.7 Å². The molecule has 5 rings (SSSR count). The number of piperidine rings is 1. The summed E-state index contributed by atoms with van der Waals surface area (Å²) in [7, 11) is 0. The number of fused-ring (bicyclic) bond motifs is 1. The van der Waals surface area contributed by atoms with E-state index in [1.165, 1.54) is 4.68 Å². The minimum Gasteiger partial charge on any atom is -0.323 e. The van der Waals surface area contributed by atoms with E-state index in [-0.39, 0.29) is 17.4 Å². The summed E-state index contributed by atoms with van der Waals surface area (Å²) in [5, 5.41) is 7.92. The van der Waals surface area contributed by atoms with Crippen LogP contribution in [0.5, 0.6) is 0 Å². The number of aromatic nitrogens is 4. The zero-order valence-electron chi connectivity index (χ0n) is 15.4. The minimum atomic E-state index is -0.362. The summed E-state index contributed by atoms with van der Waals surface area (Å²) in [5.41, 5.74) is 1.64. The van der Waals surface area contributed by atoms with Gasteiger partial charge in [0.25, 0.3) is 0 Å². The average Bonchev–Trinajstić information content (AvgIpc) is 3.31. The number of hydrogen-bond acceptors (Lipinski definition) is 5. The third-order valence-corrected chi connectivity index (χ3v) is 5.98. The summed E-state index contributed by atoms with van der Waals surface area (Å²) in [4.78, 5) is 33.8. The van der Waals surface area contributed by atoms with E-state index < -0.39 is 0 Å². The molecule has 142 valence electrons. The van der Waals surface area contributed by atoms with Gasteiger partial charge < -0.3 is 9.80 Å². The van der Waals surface area contributed by atoms with E-state index >= 15 is 0 Å². The molecule has 0 unspecified atom stereocenters. The number of benzene rings is 1. The van der Waals surface area contributed by atoms with E-state index in [1.54, 1.807) is 23.2 Å². The third-order valence-electron chi connectivity index (χ3n) is 5.98. The van der Waals surface area contributed by atoms with E-state index in [1.807, 2.05) is 35.2 Å². The number of pyridine rings is 1. The highest BCUT2D eigenvalue weighted by Gasteiger charge is 2.49. The van der Waals surface area contributed by atoms with Crippen LogP contribution in [-0.2, 0) is 4.79 Å². The molecule has 0 saturated carbocycles. The van der Waals surface area contributed by atoms with E-state index in [0.29, 0.717) is 37.1 Å². The Bertz CT molecular complexity index is 1040. The number of amides is 2. The van der Waals surface area contributed by atoms with E-state index in [0.717, 1.165) is 18.7 Å². The van der Waals surface area contributed by atoms with Gasteiger partial charge in [-0.05, 0) is 43.5 Å². The van der Waals surface area contributed by atoms with E-state index in [9.17, 15) is 9.59 Å². The Morgan fingerprint density at radius 1 is 0.964 bits per heavy atom. The molecule has 1 spiro atoms. The molecule has 2 amide bonds. The first kappa shape index (κ1) is 16.9. The molecule has 2 aliphatic heterocycles. The molecule has 2 aromatic heterocycles. The summed E-state index contributed by atoms with van der Waals surface area (Å²) in [6, 6.07) is 13.1. The zero-order chi connectivity index (χ0) is 19.1. The van der Waals surface area contributed by atoms with Crippen molar-refractivity contribution >= 4 is 28.8 Å². The van der Waals surface area contributed by atoms with Crippen LogP contribution in [0.4, 0.5) is 10.5 Å². The molecule has 2 fully saturated rings. The molecule has 0 atom stereocenters. The Labute approximate surface area is 161 Å². The first-order chi connectivity index (χ1) is 13.7. The predicted molar refractivity (Wildman–Crippen MR) is 103 cm³/mol. The summed E-state index contributed by atoms with van der Waals surface area (Å²) in [6.45, 7) is 1.81. The number of nitrogens with zero attached hydrogens (tertiary/aromatic N) is 6. The van der Waals surface area contributed by atoms with Crippen molar-refractivity contribution in [1.82, 2.24) is 24.9 Å². The number of carbonyl (C=O) groups is 2. The van der Waals surface area contributed by atoms with Gasteiger partial charge in [0, 0.05) is 31.5 Å². The van der Waals surface area contributed by atoms with Crippen molar-refractivity contribution in [2.24, 2.45) is 5.41 Å². The Morgan fingerprint density at radius 3 is 2.50 bits per heavy atom. The Morgan fingerprint density at radius 2 is 1.71 bits per heavy atom. The van der Waals surface area contributed by atoms with Gasteiger partial charge in [-0.1, -0.05) is 23.4 Å². The van der Waals surface area contributed by atoms with E-state index in [2.05, 4.69) is 15.3 Å². The molecule has 2 aliphatic rings. The van der Waals surface area contributed by atoms with Crippen molar-refractivity contribution < 1.29 is 9.59 Å². The number of likely N-dealkylation sites (tertiary alicyclic amines) is 1. The zero-order valence-corrected chi connectivity index (χ0v) is 15.4. The summed E-state index contributed by atoms with van der Waals surface area (Å²) < 4.78 is 1.30. The molecule has 4 heterocycles. The highest BCUT2D eigenvalue weighted by molar-refractivity contribution is 6.00. The van der Waals surface area contributed by atoms with Gasteiger partial charge in [-0.2, -0.15) is 4.68 Å². The molecule has 3 aromatic rings. The number of hydrogen-bond donors (Lipinski definition) is 0. The molecular formula is C20H20N6O2. The smallest absolute Gasteiger partial charge is 0.323 e. The first-order valence-electron chi connectivity index (χ1n) is 9.51. The Balaban J connectivity index is 1.31. The molecule has 0 bridgehead atoms. The average molecular weight is 376 g/mol. The molecule has 0 N–H and O–H groups in total. The Kier molecular flexibility index (Phi) is 3.85. The lowest BCUT2D eigenvalue weighted by molar-refractivity contribution is -0.127. The highest BCUT2D eigenvalue weighted by atomic mass is 16.2. The normalized spacial score (nSPS) is 18.9. The number of rotatable bonds is 1. The fraction of sp³-hybridized carbons (Fsp3) is 0.350. The summed E-state index contributed by atoms with van der Waals surface area (Å²) in [6.07, 6.45) is 3.80. The van der Waals surface area contributed by atoms with Crippen molar-refractivity contribution in [3.05, 3.63) is 48.7 Å². The van der Waals surface area contributed by atoms with Gasteiger partial charge in [0.2, 0.25) is 11.6 Å². The van der Waals surface area contributed by atoms with Crippen molar-refractivity contribution in [2.75, 3.05) is 24.5 Å². The summed E-state index contributed by atoms with van der Waals surface area (Å²) >= 11 is 0. The second-order valence-electron chi connectivity index (χ2n) is 7.44. The maximum atomic E-state index is 13.1. The standard InChI is InChI=1S/C20H20N6O2/c27-18-20(10-14-25(18)15-5-2-1-3-6-15)8-12-24(13-9-20)19(28)26-16-7-4-11-21-17(16)22-23-26/h1-7,11H,8-10,12-14H2. The second kappa shape index (κ2) is 6.40.